The lowest BCUT2D eigenvalue weighted by molar-refractivity contribution is 0.182. The number of nitrogens with one attached hydrogen (secondary N) is 1. The molecule has 19 heavy (non-hydrogen) atoms. The van der Waals surface area contributed by atoms with Gasteiger partial charge in [0.15, 0.2) is 0 Å². The zero-order valence-electron chi connectivity index (χ0n) is 11.2. The normalized spacial score (nSPS) is 12.4. The van der Waals surface area contributed by atoms with Gasteiger partial charge in [-0.05, 0) is 6.42 Å². The Morgan fingerprint density at radius 2 is 2.37 bits per heavy atom. The number of anilines is 1. The topological polar surface area (TPSA) is 76.4 Å². The van der Waals surface area contributed by atoms with Gasteiger partial charge in [-0.15, -0.1) is 0 Å². The van der Waals surface area contributed by atoms with Crippen molar-refractivity contribution in [3.63, 3.8) is 0 Å². The van der Waals surface area contributed by atoms with E-state index >= 15 is 0 Å². The number of methoxy groups -OCH3 is 1. The minimum absolute atomic E-state index is 0.0839. The monoisotopic (exact) mass is 289 g/mol. The van der Waals surface area contributed by atoms with Gasteiger partial charge < -0.3 is 15.2 Å². The predicted octanol–water partition coefficient (Wildman–Crippen LogP) is 1.12. The summed E-state index contributed by atoms with van der Waals surface area (Å²) in [5, 5.41) is 16.0. The van der Waals surface area contributed by atoms with Crippen molar-refractivity contribution in [1.82, 2.24) is 9.78 Å². The summed E-state index contributed by atoms with van der Waals surface area (Å²) in [6.07, 6.45) is 3.40. The van der Waals surface area contributed by atoms with Crippen molar-refractivity contribution in [1.29, 1.82) is 0 Å². The SMILES string of the molecule is CCCC(COC)Nc1cnn(CCO)c(=O)c1Cl. The standard InChI is InChI=1S/C12H20ClN3O3/c1-3-4-9(8-19-2)15-10-7-14-16(5-6-17)12(18)11(10)13/h7,9,15,17H,3-6,8H2,1-2H3. The van der Waals surface area contributed by atoms with Crippen LogP contribution in [0.3, 0.4) is 0 Å². The maximum atomic E-state index is 11.9. The zero-order valence-corrected chi connectivity index (χ0v) is 12.0. The second kappa shape index (κ2) is 8.14. The molecule has 0 saturated heterocycles. The van der Waals surface area contributed by atoms with E-state index in [4.69, 9.17) is 21.4 Å². The molecule has 0 spiro atoms. The number of aliphatic hydroxyl groups excluding tert-OH is 1. The Kier molecular flexibility index (Phi) is 6.83. The van der Waals surface area contributed by atoms with E-state index in [1.165, 1.54) is 6.20 Å². The van der Waals surface area contributed by atoms with Gasteiger partial charge in [0.25, 0.3) is 5.56 Å². The van der Waals surface area contributed by atoms with Gasteiger partial charge >= 0.3 is 0 Å². The van der Waals surface area contributed by atoms with E-state index in [2.05, 4.69) is 17.3 Å². The predicted molar refractivity (Wildman–Crippen MR) is 74.8 cm³/mol. The van der Waals surface area contributed by atoms with E-state index in [1.807, 2.05) is 0 Å². The Hall–Kier alpha value is -1.11. The first kappa shape index (κ1) is 15.9. The van der Waals surface area contributed by atoms with Crippen LogP contribution in [0, 0.1) is 0 Å². The van der Waals surface area contributed by atoms with Crippen LogP contribution in [0.25, 0.3) is 0 Å². The third-order valence-corrected chi connectivity index (χ3v) is 3.03. The highest BCUT2D eigenvalue weighted by molar-refractivity contribution is 6.32. The molecular weight excluding hydrogens is 270 g/mol. The molecular formula is C12H20ClN3O3. The summed E-state index contributed by atoms with van der Waals surface area (Å²) in [7, 11) is 1.63. The van der Waals surface area contributed by atoms with Crippen LogP contribution in [-0.2, 0) is 11.3 Å². The van der Waals surface area contributed by atoms with Crippen LogP contribution in [0.5, 0.6) is 0 Å². The fraction of sp³-hybridized carbons (Fsp3) is 0.667. The van der Waals surface area contributed by atoms with Crippen LogP contribution in [0.2, 0.25) is 5.02 Å². The highest BCUT2D eigenvalue weighted by atomic mass is 35.5. The molecule has 0 aromatic carbocycles. The largest absolute Gasteiger partial charge is 0.394 e. The first-order valence-corrected chi connectivity index (χ1v) is 6.63. The lowest BCUT2D eigenvalue weighted by Gasteiger charge is -2.19. The maximum absolute atomic E-state index is 11.9. The molecule has 0 fully saturated rings. The number of hydrogen-bond donors (Lipinski definition) is 2. The molecule has 6 nitrogen and oxygen atoms in total. The van der Waals surface area contributed by atoms with Gasteiger partial charge in [0.2, 0.25) is 0 Å². The number of aromatic nitrogens is 2. The average Bonchev–Trinajstić information content (AvgIpc) is 2.39. The van der Waals surface area contributed by atoms with Crippen molar-refractivity contribution in [2.75, 3.05) is 25.6 Å². The number of ether oxygens (including phenoxy) is 1. The zero-order chi connectivity index (χ0) is 14.3. The highest BCUT2D eigenvalue weighted by Crippen LogP contribution is 2.17. The van der Waals surface area contributed by atoms with E-state index in [0.717, 1.165) is 17.5 Å². The Labute approximate surface area is 117 Å². The molecule has 1 heterocycles. The Bertz CT molecular complexity index is 444. The van der Waals surface area contributed by atoms with Crippen molar-refractivity contribution in [2.45, 2.75) is 32.4 Å². The van der Waals surface area contributed by atoms with Gasteiger partial charge in [-0.2, -0.15) is 5.10 Å². The smallest absolute Gasteiger partial charge is 0.287 e. The fourth-order valence-electron chi connectivity index (χ4n) is 1.79. The van der Waals surface area contributed by atoms with Gasteiger partial charge in [-0.25, -0.2) is 4.68 Å². The van der Waals surface area contributed by atoms with Crippen LogP contribution in [0.4, 0.5) is 5.69 Å². The molecule has 0 aliphatic heterocycles. The Balaban J connectivity index is 2.89. The van der Waals surface area contributed by atoms with E-state index < -0.39 is 5.56 Å². The average molecular weight is 290 g/mol. The molecule has 0 amide bonds. The van der Waals surface area contributed by atoms with Crippen molar-refractivity contribution in [3.8, 4) is 0 Å². The third-order valence-electron chi connectivity index (χ3n) is 2.66. The first-order valence-electron chi connectivity index (χ1n) is 6.26. The molecule has 0 aliphatic rings. The lowest BCUT2D eigenvalue weighted by atomic mass is 10.2. The summed E-state index contributed by atoms with van der Waals surface area (Å²) in [6, 6.07) is 0.0855. The molecule has 1 atom stereocenters. The number of hydrogen-bond acceptors (Lipinski definition) is 5. The molecule has 0 aliphatic carbocycles. The molecule has 0 bridgehead atoms. The number of rotatable bonds is 8. The molecule has 0 radical (unpaired) electrons. The number of halogens is 1. The number of nitrogens with zero attached hydrogens (tertiary/aromatic N) is 2. The second-order valence-corrected chi connectivity index (χ2v) is 4.59. The lowest BCUT2D eigenvalue weighted by Crippen LogP contribution is -2.29. The van der Waals surface area contributed by atoms with E-state index in [1.54, 1.807) is 7.11 Å². The van der Waals surface area contributed by atoms with Gasteiger partial charge in [0, 0.05) is 13.2 Å². The molecule has 1 aromatic rings. The van der Waals surface area contributed by atoms with E-state index in [0.29, 0.717) is 12.3 Å². The Morgan fingerprint density at radius 1 is 1.63 bits per heavy atom. The van der Waals surface area contributed by atoms with Gasteiger partial charge in [0.1, 0.15) is 5.02 Å². The molecule has 108 valence electrons. The molecule has 1 aromatic heterocycles. The van der Waals surface area contributed by atoms with Crippen LogP contribution < -0.4 is 10.9 Å². The second-order valence-electron chi connectivity index (χ2n) is 4.21. The van der Waals surface area contributed by atoms with Crippen LogP contribution >= 0.6 is 11.6 Å². The minimum Gasteiger partial charge on any atom is -0.394 e. The first-order chi connectivity index (χ1) is 9.13. The third kappa shape index (κ3) is 4.49. The van der Waals surface area contributed by atoms with Gasteiger partial charge in [-0.1, -0.05) is 24.9 Å². The summed E-state index contributed by atoms with van der Waals surface area (Å²) >= 11 is 6.02. The van der Waals surface area contributed by atoms with Crippen molar-refractivity contribution in [2.24, 2.45) is 0 Å². The molecule has 0 saturated carbocycles. The van der Waals surface area contributed by atoms with Crippen LogP contribution in [0.15, 0.2) is 11.0 Å². The summed E-state index contributed by atoms with van der Waals surface area (Å²) in [6.45, 7) is 2.58. The molecule has 1 rings (SSSR count). The summed E-state index contributed by atoms with van der Waals surface area (Å²) in [5.74, 6) is 0. The quantitative estimate of drug-likeness (QED) is 0.750. The summed E-state index contributed by atoms with van der Waals surface area (Å²) in [5.41, 5.74) is 0.0877. The number of aliphatic hydroxyl groups is 1. The van der Waals surface area contributed by atoms with Crippen LogP contribution in [0.1, 0.15) is 19.8 Å². The molecule has 1 unspecified atom stereocenters. The maximum Gasteiger partial charge on any atom is 0.287 e. The van der Waals surface area contributed by atoms with Crippen molar-refractivity contribution < 1.29 is 9.84 Å². The minimum atomic E-state index is -0.409. The van der Waals surface area contributed by atoms with Gasteiger partial charge in [-0.3, -0.25) is 4.79 Å². The molecule has 2 N–H and O–H groups in total. The fourth-order valence-corrected chi connectivity index (χ4v) is 1.99. The summed E-state index contributed by atoms with van der Waals surface area (Å²) in [4.78, 5) is 11.9. The molecule has 7 heteroatoms. The van der Waals surface area contributed by atoms with Crippen molar-refractivity contribution in [3.05, 3.63) is 21.6 Å². The highest BCUT2D eigenvalue weighted by Gasteiger charge is 2.13. The Morgan fingerprint density at radius 3 is 2.95 bits per heavy atom. The van der Waals surface area contributed by atoms with E-state index in [-0.39, 0.29) is 24.2 Å². The van der Waals surface area contributed by atoms with Crippen LogP contribution in [-0.4, -0.2) is 41.3 Å². The van der Waals surface area contributed by atoms with Crippen molar-refractivity contribution >= 4 is 17.3 Å². The van der Waals surface area contributed by atoms with Gasteiger partial charge in [0.05, 0.1) is 31.6 Å². The summed E-state index contributed by atoms with van der Waals surface area (Å²) < 4.78 is 6.26. The van der Waals surface area contributed by atoms with E-state index in [9.17, 15) is 4.79 Å².